The van der Waals surface area contributed by atoms with Crippen molar-refractivity contribution < 1.29 is 19.2 Å². The number of hydrogen-bond acceptors (Lipinski definition) is 5. The summed E-state index contributed by atoms with van der Waals surface area (Å²) in [6.45, 7) is 6.63. The molecule has 3 aromatic rings. The van der Waals surface area contributed by atoms with Crippen molar-refractivity contribution in [2.45, 2.75) is 27.3 Å². The molecule has 0 saturated carbocycles. The number of rotatable bonds is 7. The van der Waals surface area contributed by atoms with Gasteiger partial charge in [-0.2, -0.15) is 0 Å². The molecular weight excluding hydrogens is 396 g/mol. The average Bonchev–Trinajstić information content (AvgIpc) is 2.69. The monoisotopic (exact) mass is 425 g/mol. The number of aromatic nitrogens is 2. The maximum absolute atomic E-state index is 12.6. The number of carbonyl (C=O) groups excluding carboxylic acids is 1. The Morgan fingerprint density at radius 2 is 1.68 bits per heavy atom. The summed E-state index contributed by atoms with van der Waals surface area (Å²) in [5.74, 6) is 1.37. The summed E-state index contributed by atoms with van der Waals surface area (Å²) in [5, 5.41) is 3.43. The zero-order valence-corrected chi connectivity index (χ0v) is 18.8. The molecule has 3 N–H and O–H groups in total. The van der Waals surface area contributed by atoms with Crippen molar-refractivity contribution in [3.05, 3.63) is 57.1 Å². The molecule has 0 aliphatic carbocycles. The fraction of sp³-hybridized carbons (Fsp3) is 0.348. The molecule has 0 spiro atoms. The SMILES string of the molecule is COc1cc2nc(C[NH+](C)CC(=O)Nc3c(C)cc(C)cc3C)[nH]c(=O)c2cc1OC. The number of methoxy groups -OCH3 is 2. The van der Waals surface area contributed by atoms with Crippen molar-refractivity contribution in [3.63, 3.8) is 0 Å². The largest absolute Gasteiger partial charge is 0.493 e. The van der Waals surface area contributed by atoms with Gasteiger partial charge in [0.1, 0.15) is 6.54 Å². The molecule has 0 aliphatic rings. The Balaban J connectivity index is 1.75. The molecule has 31 heavy (non-hydrogen) atoms. The minimum absolute atomic E-state index is 0.0953. The van der Waals surface area contributed by atoms with Crippen molar-refractivity contribution in [3.8, 4) is 11.5 Å². The lowest BCUT2D eigenvalue weighted by Gasteiger charge is -2.16. The molecule has 164 valence electrons. The number of ether oxygens (including phenoxy) is 2. The molecule has 0 aliphatic heterocycles. The van der Waals surface area contributed by atoms with Crippen LogP contribution >= 0.6 is 0 Å². The Hall–Kier alpha value is -3.39. The van der Waals surface area contributed by atoms with Gasteiger partial charge < -0.3 is 24.7 Å². The average molecular weight is 426 g/mol. The van der Waals surface area contributed by atoms with Gasteiger partial charge in [-0.1, -0.05) is 17.7 Å². The van der Waals surface area contributed by atoms with E-state index in [1.54, 1.807) is 12.1 Å². The molecule has 3 rings (SSSR count). The van der Waals surface area contributed by atoms with E-state index in [9.17, 15) is 9.59 Å². The van der Waals surface area contributed by atoms with Crippen LogP contribution in [-0.4, -0.2) is 43.7 Å². The number of nitrogens with one attached hydrogen (secondary N) is 3. The van der Waals surface area contributed by atoms with Gasteiger partial charge in [0.25, 0.3) is 11.5 Å². The first-order valence-electron chi connectivity index (χ1n) is 10.1. The smallest absolute Gasteiger partial charge is 0.279 e. The van der Waals surface area contributed by atoms with Crippen molar-refractivity contribution in [2.24, 2.45) is 0 Å². The Kier molecular flexibility index (Phi) is 6.60. The first-order chi connectivity index (χ1) is 14.7. The zero-order chi connectivity index (χ0) is 22.7. The first kappa shape index (κ1) is 22.3. The molecule has 1 heterocycles. The second kappa shape index (κ2) is 9.18. The van der Waals surface area contributed by atoms with Crippen molar-refractivity contribution >= 4 is 22.5 Å². The fourth-order valence-electron chi connectivity index (χ4n) is 3.78. The van der Waals surface area contributed by atoms with Crippen LogP contribution in [-0.2, 0) is 11.3 Å². The van der Waals surface area contributed by atoms with E-state index in [2.05, 4.69) is 15.3 Å². The molecule has 1 aromatic heterocycles. The van der Waals surface area contributed by atoms with E-state index >= 15 is 0 Å². The number of anilines is 1. The normalized spacial score (nSPS) is 11.9. The second-order valence-corrected chi connectivity index (χ2v) is 7.87. The van der Waals surface area contributed by atoms with Gasteiger partial charge in [-0.05, 0) is 38.0 Å². The van der Waals surface area contributed by atoms with Crippen LogP contribution in [0.4, 0.5) is 5.69 Å². The Labute approximate surface area is 181 Å². The topological polar surface area (TPSA) is 97.8 Å². The van der Waals surface area contributed by atoms with Crippen molar-refractivity contribution in [1.29, 1.82) is 0 Å². The maximum atomic E-state index is 12.6. The molecule has 8 heteroatoms. The first-order valence-corrected chi connectivity index (χ1v) is 10.1. The molecule has 1 unspecified atom stereocenters. The molecule has 0 bridgehead atoms. The summed E-state index contributed by atoms with van der Waals surface area (Å²) >= 11 is 0. The molecular formula is C23H29N4O4+. The Bertz CT molecular complexity index is 1160. The summed E-state index contributed by atoms with van der Waals surface area (Å²) in [6, 6.07) is 7.39. The number of amides is 1. The third-order valence-electron chi connectivity index (χ3n) is 5.13. The summed E-state index contributed by atoms with van der Waals surface area (Å²) in [4.78, 5) is 33.4. The number of carbonyl (C=O) groups is 1. The van der Waals surface area contributed by atoms with Gasteiger partial charge in [0, 0.05) is 11.8 Å². The Morgan fingerprint density at radius 3 is 2.29 bits per heavy atom. The summed E-state index contributed by atoms with van der Waals surface area (Å²) in [6.07, 6.45) is 0. The van der Waals surface area contributed by atoms with E-state index in [1.165, 1.54) is 14.2 Å². The maximum Gasteiger partial charge on any atom is 0.279 e. The van der Waals surface area contributed by atoms with Gasteiger partial charge in [-0.15, -0.1) is 0 Å². The van der Waals surface area contributed by atoms with Gasteiger partial charge in [0.05, 0.1) is 32.2 Å². The van der Waals surface area contributed by atoms with E-state index in [0.29, 0.717) is 34.8 Å². The van der Waals surface area contributed by atoms with E-state index in [4.69, 9.17) is 9.47 Å². The number of aromatic amines is 1. The second-order valence-electron chi connectivity index (χ2n) is 7.87. The van der Waals surface area contributed by atoms with Crippen LogP contribution in [0.2, 0.25) is 0 Å². The molecule has 8 nitrogen and oxygen atoms in total. The number of aryl methyl sites for hydroxylation is 3. The predicted octanol–water partition coefficient (Wildman–Crippen LogP) is 1.52. The highest BCUT2D eigenvalue weighted by atomic mass is 16.5. The fourth-order valence-corrected chi connectivity index (χ4v) is 3.78. The number of H-pyrrole nitrogens is 1. The van der Waals surface area contributed by atoms with Gasteiger partial charge >= 0.3 is 0 Å². The third-order valence-corrected chi connectivity index (χ3v) is 5.13. The van der Waals surface area contributed by atoms with Crippen LogP contribution < -0.4 is 25.2 Å². The van der Waals surface area contributed by atoms with Gasteiger partial charge in [-0.25, -0.2) is 4.98 Å². The molecule has 0 fully saturated rings. The summed E-state index contributed by atoms with van der Waals surface area (Å²) < 4.78 is 10.6. The van der Waals surface area contributed by atoms with Crippen molar-refractivity contribution in [2.75, 3.05) is 33.1 Å². The standard InChI is InChI=1S/C23H28N4O4/c1-13-7-14(2)22(15(3)8-13)26-21(28)12-27(4)11-20-24-17-10-19(31-6)18(30-5)9-16(17)23(29)25-20/h7-10H,11-12H2,1-6H3,(H,26,28)(H,24,25,29)/p+1. The lowest BCUT2D eigenvalue weighted by atomic mass is 10.1. The zero-order valence-electron chi connectivity index (χ0n) is 18.8. The number of benzene rings is 2. The molecule has 1 atom stereocenters. The van der Waals surface area contributed by atoms with Crippen LogP contribution in [0, 0.1) is 20.8 Å². The van der Waals surface area contributed by atoms with Crippen LogP contribution in [0.5, 0.6) is 11.5 Å². The minimum atomic E-state index is -0.260. The van der Waals surface area contributed by atoms with Crippen LogP contribution in [0.15, 0.2) is 29.1 Å². The van der Waals surface area contributed by atoms with Crippen molar-refractivity contribution in [1.82, 2.24) is 9.97 Å². The lowest BCUT2D eigenvalue weighted by molar-refractivity contribution is -0.885. The van der Waals surface area contributed by atoms with E-state index in [0.717, 1.165) is 27.3 Å². The van der Waals surface area contributed by atoms with E-state index in [-0.39, 0.29) is 18.0 Å². The highest BCUT2D eigenvalue weighted by Gasteiger charge is 2.16. The predicted molar refractivity (Wildman–Crippen MR) is 120 cm³/mol. The number of quaternary nitrogens is 1. The molecule has 1 amide bonds. The number of fused-ring (bicyclic) bond motifs is 1. The summed E-state index contributed by atoms with van der Waals surface area (Å²) in [5.41, 5.74) is 4.34. The number of likely N-dealkylation sites (N-methyl/N-ethyl adjacent to an activating group) is 1. The van der Waals surface area contributed by atoms with Gasteiger partial charge in [-0.3, -0.25) is 9.59 Å². The Morgan fingerprint density at radius 1 is 1.06 bits per heavy atom. The van der Waals surface area contributed by atoms with Crippen LogP contribution in [0.1, 0.15) is 22.5 Å². The van der Waals surface area contributed by atoms with Crippen LogP contribution in [0.3, 0.4) is 0 Å². The van der Waals surface area contributed by atoms with Crippen LogP contribution in [0.25, 0.3) is 10.9 Å². The van der Waals surface area contributed by atoms with Gasteiger partial charge in [0.2, 0.25) is 0 Å². The minimum Gasteiger partial charge on any atom is -0.493 e. The lowest BCUT2D eigenvalue weighted by Crippen LogP contribution is -3.08. The third kappa shape index (κ3) is 5.03. The van der Waals surface area contributed by atoms with E-state index in [1.807, 2.05) is 40.0 Å². The molecule has 2 aromatic carbocycles. The molecule has 0 saturated heterocycles. The molecule has 0 radical (unpaired) electrons. The highest BCUT2D eigenvalue weighted by molar-refractivity contribution is 5.93. The van der Waals surface area contributed by atoms with E-state index < -0.39 is 0 Å². The number of hydrogen-bond donors (Lipinski definition) is 3. The van der Waals surface area contributed by atoms with Gasteiger partial charge in [0.15, 0.2) is 23.9 Å². The summed E-state index contributed by atoms with van der Waals surface area (Å²) in [7, 11) is 4.93. The highest BCUT2D eigenvalue weighted by Crippen LogP contribution is 2.29. The quantitative estimate of drug-likeness (QED) is 0.533. The number of nitrogens with zero attached hydrogens (tertiary/aromatic N) is 1.